The van der Waals surface area contributed by atoms with Crippen LogP contribution in [0.5, 0.6) is 0 Å². The third kappa shape index (κ3) is 3.07. The molecule has 0 saturated heterocycles. The predicted octanol–water partition coefficient (Wildman–Crippen LogP) is 3.03. The molecule has 0 atom stereocenters. The largest absolute Gasteiger partial charge is 0.358 e. The van der Waals surface area contributed by atoms with Crippen molar-refractivity contribution in [2.45, 2.75) is 33.6 Å². The number of carbonyl (C=O) groups is 2. The van der Waals surface area contributed by atoms with Gasteiger partial charge in [-0.15, -0.1) is 0 Å². The Morgan fingerprint density at radius 1 is 1.25 bits per heavy atom. The normalized spacial score (nSPS) is 11.0. The van der Waals surface area contributed by atoms with E-state index in [-0.39, 0.29) is 17.7 Å². The summed E-state index contributed by atoms with van der Waals surface area (Å²) < 4.78 is 0. The van der Waals surface area contributed by atoms with Crippen molar-refractivity contribution in [2.24, 2.45) is 5.92 Å². The molecule has 0 unspecified atom stereocenters. The minimum absolute atomic E-state index is 0.204. The number of hydrogen-bond donors (Lipinski definition) is 2. The Bertz CT molecular complexity index is 641. The van der Waals surface area contributed by atoms with Gasteiger partial charge in [0.1, 0.15) is 0 Å². The molecule has 0 saturated carbocycles. The lowest BCUT2D eigenvalue weighted by atomic mass is 10.1. The molecule has 0 aliphatic heterocycles. The summed E-state index contributed by atoms with van der Waals surface area (Å²) in [6.45, 7) is 5.64. The lowest BCUT2D eigenvalue weighted by Gasteiger charge is -2.06. The van der Waals surface area contributed by atoms with Gasteiger partial charge in [-0.05, 0) is 30.0 Å². The fraction of sp³-hybridized carbons (Fsp3) is 0.375. The fourth-order valence-corrected chi connectivity index (χ4v) is 2.06. The van der Waals surface area contributed by atoms with Gasteiger partial charge < -0.3 is 4.98 Å². The number of nitrogens with one attached hydrogen (secondary N) is 2. The molecule has 0 radical (unpaired) electrons. The van der Waals surface area contributed by atoms with Crippen LogP contribution in [0, 0.1) is 5.92 Å². The highest BCUT2D eigenvalue weighted by atomic mass is 16.2. The second kappa shape index (κ2) is 5.90. The average Bonchev–Trinajstić information content (AvgIpc) is 2.80. The first kappa shape index (κ1) is 14.3. The van der Waals surface area contributed by atoms with Gasteiger partial charge in [-0.2, -0.15) is 0 Å². The average molecular weight is 272 g/mol. The second-order valence-corrected chi connectivity index (χ2v) is 5.32. The third-order valence-corrected chi connectivity index (χ3v) is 3.22. The van der Waals surface area contributed by atoms with E-state index in [1.807, 2.05) is 6.07 Å². The molecule has 1 aromatic heterocycles. The zero-order chi connectivity index (χ0) is 14.7. The maximum atomic E-state index is 12.0. The highest BCUT2D eigenvalue weighted by Crippen LogP contribution is 2.18. The molecule has 1 heterocycles. The van der Waals surface area contributed by atoms with Crippen molar-refractivity contribution in [3.8, 4) is 0 Å². The second-order valence-electron chi connectivity index (χ2n) is 5.32. The van der Waals surface area contributed by atoms with Gasteiger partial charge in [0, 0.05) is 22.7 Å². The number of H-pyrrole nitrogens is 1. The van der Waals surface area contributed by atoms with Crippen molar-refractivity contribution in [1.29, 1.82) is 0 Å². The number of benzene rings is 1. The Labute approximate surface area is 118 Å². The highest BCUT2D eigenvalue weighted by Gasteiger charge is 2.13. The van der Waals surface area contributed by atoms with Crippen LogP contribution >= 0.6 is 0 Å². The van der Waals surface area contributed by atoms with Gasteiger partial charge in [0.2, 0.25) is 5.91 Å². The van der Waals surface area contributed by atoms with E-state index in [1.54, 1.807) is 26.0 Å². The van der Waals surface area contributed by atoms with E-state index in [1.165, 1.54) is 5.69 Å². The molecule has 0 spiro atoms. The zero-order valence-corrected chi connectivity index (χ0v) is 12.1. The van der Waals surface area contributed by atoms with Gasteiger partial charge in [-0.1, -0.05) is 33.3 Å². The quantitative estimate of drug-likeness (QED) is 0.898. The summed E-state index contributed by atoms with van der Waals surface area (Å²) in [6, 6.07) is 7.53. The summed E-state index contributed by atoms with van der Waals surface area (Å²) in [5.41, 5.74) is 2.59. The highest BCUT2D eigenvalue weighted by molar-refractivity contribution is 6.06. The van der Waals surface area contributed by atoms with E-state index in [4.69, 9.17) is 0 Å². The molecule has 4 nitrogen and oxygen atoms in total. The minimum atomic E-state index is -0.350. The molecule has 2 amide bonds. The monoisotopic (exact) mass is 272 g/mol. The number of aryl methyl sites for hydroxylation is 1. The van der Waals surface area contributed by atoms with Crippen LogP contribution < -0.4 is 5.32 Å². The molecule has 106 valence electrons. The number of fused-ring (bicyclic) bond motifs is 1. The molecule has 4 heteroatoms. The van der Waals surface area contributed by atoms with Crippen LogP contribution in [-0.4, -0.2) is 16.8 Å². The van der Waals surface area contributed by atoms with Crippen LogP contribution in [0.1, 0.15) is 43.2 Å². The first-order valence-electron chi connectivity index (χ1n) is 6.98. The Morgan fingerprint density at radius 3 is 2.65 bits per heavy atom. The van der Waals surface area contributed by atoms with E-state index >= 15 is 0 Å². The molecule has 0 fully saturated rings. The van der Waals surface area contributed by atoms with E-state index in [0.717, 1.165) is 23.7 Å². The first-order chi connectivity index (χ1) is 9.51. The Hall–Kier alpha value is -2.10. The van der Waals surface area contributed by atoms with Crippen LogP contribution in [0.25, 0.3) is 10.9 Å². The SMILES string of the molecule is CCCc1cc2ccc(C(=O)NC(=O)C(C)C)cc2[nH]1. The van der Waals surface area contributed by atoms with E-state index in [2.05, 4.69) is 23.3 Å². The van der Waals surface area contributed by atoms with Gasteiger partial charge >= 0.3 is 0 Å². The standard InChI is InChI=1S/C16H20N2O2/c1-4-5-13-8-11-6-7-12(9-14(11)17-13)16(20)18-15(19)10(2)3/h6-10,17H,4-5H2,1-3H3,(H,18,19,20). The van der Waals surface area contributed by atoms with Gasteiger partial charge in [0.15, 0.2) is 0 Å². The van der Waals surface area contributed by atoms with Gasteiger partial charge in [0.05, 0.1) is 0 Å². The topological polar surface area (TPSA) is 62.0 Å². The zero-order valence-electron chi connectivity index (χ0n) is 12.1. The van der Waals surface area contributed by atoms with Crippen LogP contribution in [0.4, 0.5) is 0 Å². The van der Waals surface area contributed by atoms with E-state index < -0.39 is 0 Å². The van der Waals surface area contributed by atoms with Crippen molar-refractivity contribution < 1.29 is 9.59 Å². The lowest BCUT2D eigenvalue weighted by Crippen LogP contribution is -2.33. The molecular formula is C16H20N2O2. The Balaban J connectivity index is 2.22. The number of aromatic amines is 1. The molecule has 0 aliphatic rings. The Kier molecular flexibility index (Phi) is 4.23. The summed E-state index contributed by atoms with van der Waals surface area (Å²) in [5, 5.41) is 3.48. The van der Waals surface area contributed by atoms with Gasteiger partial charge in [0.25, 0.3) is 5.91 Å². The lowest BCUT2D eigenvalue weighted by molar-refractivity contribution is -0.122. The number of aromatic nitrogens is 1. The summed E-state index contributed by atoms with van der Waals surface area (Å²) in [4.78, 5) is 26.8. The van der Waals surface area contributed by atoms with E-state index in [0.29, 0.717) is 5.56 Å². The van der Waals surface area contributed by atoms with Crippen molar-refractivity contribution in [3.05, 3.63) is 35.5 Å². The molecule has 2 N–H and O–H groups in total. The van der Waals surface area contributed by atoms with Crippen LogP contribution in [0.3, 0.4) is 0 Å². The molecule has 0 bridgehead atoms. The van der Waals surface area contributed by atoms with Crippen LogP contribution in [0.2, 0.25) is 0 Å². The predicted molar refractivity (Wildman–Crippen MR) is 79.6 cm³/mol. The molecular weight excluding hydrogens is 252 g/mol. The minimum Gasteiger partial charge on any atom is -0.358 e. The van der Waals surface area contributed by atoms with E-state index in [9.17, 15) is 9.59 Å². The maximum Gasteiger partial charge on any atom is 0.257 e. The van der Waals surface area contributed by atoms with Crippen molar-refractivity contribution in [3.63, 3.8) is 0 Å². The number of amides is 2. The molecule has 0 aliphatic carbocycles. The summed E-state index contributed by atoms with van der Waals surface area (Å²) in [6.07, 6.45) is 2.06. The molecule has 20 heavy (non-hydrogen) atoms. The summed E-state index contributed by atoms with van der Waals surface area (Å²) in [5.74, 6) is -0.810. The van der Waals surface area contributed by atoms with Gasteiger partial charge in [-0.3, -0.25) is 14.9 Å². The number of hydrogen-bond acceptors (Lipinski definition) is 2. The van der Waals surface area contributed by atoms with Crippen LogP contribution in [0.15, 0.2) is 24.3 Å². The molecule has 2 rings (SSSR count). The number of carbonyl (C=O) groups excluding carboxylic acids is 2. The van der Waals surface area contributed by atoms with Crippen LogP contribution in [-0.2, 0) is 11.2 Å². The first-order valence-corrected chi connectivity index (χ1v) is 6.98. The number of rotatable bonds is 4. The summed E-state index contributed by atoms with van der Waals surface area (Å²) in [7, 11) is 0. The number of imide groups is 1. The van der Waals surface area contributed by atoms with Crippen molar-refractivity contribution in [1.82, 2.24) is 10.3 Å². The maximum absolute atomic E-state index is 12.0. The third-order valence-electron chi connectivity index (χ3n) is 3.22. The Morgan fingerprint density at radius 2 is 2.00 bits per heavy atom. The smallest absolute Gasteiger partial charge is 0.257 e. The van der Waals surface area contributed by atoms with Crippen molar-refractivity contribution >= 4 is 22.7 Å². The summed E-state index contributed by atoms with van der Waals surface area (Å²) >= 11 is 0. The van der Waals surface area contributed by atoms with Gasteiger partial charge in [-0.25, -0.2) is 0 Å². The molecule has 1 aromatic carbocycles. The fourth-order valence-electron chi connectivity index (χ4n) is 2.06. The molecule has 2 aromatic rings. The van der Waals surface area contributed by atoms with Crippen molar-refractivity contribution in [2.75, 3.05) is 0 Å².